The fraction of sp³-hybridized carbons (Fsp3) is 0.417. The van der Waals surface area contributed by atoms with Crippen LogP contribution < -0.4 is 10.5 Å². The lowest BCUT2D eigenvalue weighted by atomic mass is 10.2. The molecule has 1 aliphatic heterocycles. The molecule has 7 heteroatoms. The van der Waals surface area contributed by atoms with Crippen molar-refractivity contribution in [1.29, 1.82) is 0 Å². The number of anilines is 1. The Morgan fingerprint density at radius 3 is 3.05 bits per heavy atom. The van der Waals surface area contributed by atoms with E-state index in [1.54, 1.807) is 12.1 Å². The number of fused-ring (bicyclic) bond motifs is 1. The van der Waals surface area contributed by atoms with Gasteiger partial charge in [-0.1, -0.05) is 11.6 Å². The first-order valence-corrected chi connectivity index (χ1v) is 6.44. The topological polar surface area (TPSA) is 83.2 Å². The van der Waals surface area contributed by atoms with Crippen LogP contribution >= 0.6 is 11.6 Å². The molecule has 1 unspecified atom stereocenters. The van der Waals surface area contributed by atoms with Crippen LogP contribution in [0.4, 0.5) is 5.95 Å². The summed E-state index contributed by atoms with van der Waals surface area (Å²) in [4.78, 5) is 12.3. The summed E-state index contributed by atoms with van der Waals surface area (Å²) in [5.74, 6) is 0.500. The molecule has 1 atom stereocenters. The van der Waals surface area contributed by atoms with Gasteiger partial charge in [0, 0.05) is 6.61 Å². The van der Waals surface area contributed by atoms with Gasteiger partial charge >= 0.3 is 0 Å². The molecule has 0 aliphatic carbocycles. The molecule has 1 aliphatic rings. The summed E-state index contributed by atoms with van der Waals surface area (Å²) < 4.78 is 11.2. The summed E-state index contributed by atoms with van der Waals surface area (Å²) in [6, 6.07) is 3.39. The van der Waals surface area contributed by atoms with Crippen molar-refractivity contribution in [3.8, 4) is 5.88 Å². The van der Waals surface area contributed by atoms with Crippen LogP contribution in [0.25, 0.3) is 11.0 Å². The number of aromatic nitrogens is 3. The number of nitrogens with zero attached hydrogens (tertiary/aromatic N) is 3. The summed E-state index contributed by atoms with van der Waals surface area (Å²) in [5, 5.41) is 0.364. The monoisotopic (exact) mass is 280 g/mol. The number of hydrogen-bond acceptors (Lipinski definition) is 6. The second-order valence-electron chi connectivity index (χ2n) is 4.33. The average molecular weight is 281 g/mol. The minimum absolute atomic E-state index is 0.102. The molecule has 1 saturated heterocycles. The molecule has 100 valence electrons. The molecule has 0 radical (unpaired) electrons. The van der Waals surface area contributed by atoms with Gasteiger partial charge in [0.1, 0.15) is 11.8 Å². The van der Waals surface area contributed by atoms with Gasteiger partial charge in [0.2, 0.25) is 11.8 Å². The van der Waals surface area contributed by atoms with Crippen LogP contribution in [0.15, 0.2) is 12.1 Å². The van der Waals surface area contributed by atoms with Gasteiger partial charge in [0.25, 0.3) is 0 Å². The molecule has 3 rings (SSSR count). The Kier molecular flexibility index (Phi) is 3.35. The van der Waals surface area contributed by atoms with E-state index in [1.165, 1.54) is 0 Å². The van der Waals surface area contributed by atoms with Crippen LogP contribution in [0.3, 0.4) is 0 Å². The lowest BCUT2D eigenvalue weighted by molar-refractivity contribution is 0.0669. The molecule has 19 heavy (non-hydrogen) atoms. The Morgan fingerprint density at radius 1 is 1.37 bits per heavy atom. The molecule has 2 aromatic rings. The minimum atomic E-state index is 0.102. The number of hydrogen-bond donors (Lipinski definition) is 1. The third-order valence-corrected chi connectivity index (χ3v) is 3.13. The zero-order valence-electron chi connectivity index (χ0n) is 10.2. The van der Waals surface area contributed by atoms with Crippen LogP contribution in [-0.2, 0) is 4.74 Å². The maximum atomic E-state index is 5.88. The first-order valence-electron chi connectivity index (χ1n) is 6.06. The van der Waals surface area contributed by atoms with E-state index in [1.807, 2.05) is 0 Å². The predicted molar refractivity (Wildman–Crippen MR) is 71.2 cm³/mol. The van der Waals surface area contributed by atoms with Gasteiger partial charge in [-0.2, -0.15) is 4.98 Å². The van der Waals surface area contributed by atoms with Gasteiger partial charge in [-0.3, -0.25) is 0 Å². The van der Waals surface area contributed by atoms with E-state index in [0.717, 1.165) is 19.4 Å². The number of rotatable bonds is 3. The van der Waals surface area contributed by atoms with E-state index in [-0.39, 0.29) is 12.1 Å². The lowest BCUT2D eigenvalue weighted by Crippen LogP contribution is -2.17. The van der Waals surface area contributed by atoms with E-state index in [9.17, 15) is 0 Å². The molecule has 1 fully saturated rings. The van der Waals surface area contributed by atoms with Crippen molar-refractivity contribution in [3.63, 3.8) is 0 Å². The second kappa shape index (κ2) is 5.14. The van der Waals surface area contributed by atoms with Crippen LogP contribution in [0, 0.1) is 0 Å². The van der Waals surface area contributed by atoms with Crippen molar-refractivity contribution >= 4 is 28.6 Å². The molecule has 0 spiro atoms. The molecule has 6 nitrogen and oxygen atoms in total. The maximum Gasteiger partial charge on any atom is 0.245 e. The largest absolute Gasteiger partial charge is 0.473 e. The maximum absolute atomic E-state index is 5.88. The van der Waals surface area contributed by atoms with Crippen LogP contribution in [-0.4, -0.2) is 34.3 Å². The summed E-state index contributed by atoms with van der Waals surface area (Å²) in [6.45, 7) is 1.21. The van der Waals surface area contributed by atoms with E-state index < -0.39 is 0 Å². The van der Waals surface area contributed by atoms with Gasteiger partial charge in [-0.25, -0.2) is 9.97 Å². The number of halogens is 1. The van der Waals surface area contributed by atoms with Crippen LogP contribution in [0.2, 0.25) is 5.15 Å². The van der Waals surface area contributed by atoms with Crippen molar-refractivity contribution in [3.05, 3.63) is 17.3 Å². The highest BCUT2D eigenvalue weighted by atomic mass is 35.5. The predicted octanol–water partition coefficient (Wildman–Crippen LogP) is 1.82. The first-order chi connectivity index (χ1) is 9.22. The second-order valence-corrected chi connectivity index (χ2v) is 4.72. The normalized spacial score (nSPS) is 18.9. The minimum Gasteiger partial charge on any atom is -0.473 e. The van der Waals surface area contributed by atoms with Gasteiger partial charge in [0.05, 0.1) is 11.6 Å². The van der Waals surface area contributed by atoms with E-state index >= 15 is 0 Å². The highest BCUT2D eigenvalue weighted by Gasteiger charge is 2.18. The fourth-order valence-corrected chi connectivity index (χ4v) is 2.18. The number of ether oxygens (including phenoxy) is 2. The molecular formula is C12H13ClN4O2. The fourth-order valence-electron chi connectivity index (χ4n) is 2.03. The Balaban J connectivity index is 1.89. The zero-order chi connectivity index (χ0) is 13.2. The van der Waals surface area contributed by atoms with Crippen molar-refractivity contribution in [2.45, 2.75) is 18.9 Å². The van der Waals surface area contributed by atoms with Crippen molar-refractivity contribution in [2.75, 3.05) is 18.9 Å². The van der Waals surface area contributed by atoms with E-state index in [0.29, 0.717) is 28.7 Å². The molecule has 0 amide bonds. The Labute approximate surface area is 114 Å². The van der Waals surface area contributed by atoms with Crippen molar-refractivity contribution in [2.24, 2.45) is 0 Å². The standard InChI is InChI=1S/C12H13ClN4O2/c13-9-4-3-8-10(16-9)11(17-12(14)15-8)19-6-7-2-1-5-18-7/h3-4,7H,1-2,5-6H2,(H2,14,15,17). The number of nitrogens with two attached hydrogens (primary N) is 1. The average Bonchev–Trinajstić information content (AvgIpc) is 2.89. The number of pyridine rings is 1. The lowest BCUT2D eigenvalue weighted by Gasteiger charge is -2.12. The van der Waals surface area contributed by atoms with E-state index in [4.69, 9.17) is 26.8 Å². The summed E-state index contributed by atoms with van der Waals surface area (Å²) >= 11 is 5.88. The SMILES string of the molecule is Nc1nc(OCC2CCCO2)c2nc(Cl)ccc2n1. The quantitative estimate of drug-likeness (QED) is 0.864. The van der Waals surface area contributed by atoms with E-state index in [2.05, 4.69) is 15.0 Å². The Morgan fingerprint density at radius 2 is 2.26 bits per heavy atom. The number of nitrogen functional groups attached to an aromatic ring is 1. The highest BCUT2D eigenvalue weighted by Crippen LogP contribution is 2.24. The van der Waals surface area contributed by atoms with Gasteiger partial charge in [-0.05, 0) is 25.0 Å². The molecule has 0 bridgehead atoms. The Hall–Kier alpha value is -1.66. The highest BCUT2D eigenvalue weighted by molar-refractivity contribution is 6.29. The molecule has 3 heterocycles. The molecule has 2 aromatic heterocycles. The van der Waals surface area contributed by atoms with Crippen LogP contribution in [0.1, 0.15) is 12.8 Å². The summed E-state index contributed by atoms with van der Waals surface area (Å²) in [5.41, 5.74) is 6.78. The molecule has 0 saturated carbocycles. The Bertz CT molecular complexity index is 602. The van der Waals surface area contributed by atoms with Gasteiger partial charge < -0.3 is 15.2 Å². The van der Waals surface area contributed by atoms with Crippen LogP contribution in [0.5, 0.6) is 5.88 Å². The molecular weight excluding hydrogens is 268 g/mol. The summed E-state index contributed by atoms with van der Waals surface area (Å²) in [6.07, 6.45) is 2.16. The van der Waals surface area contributed by atoms with Gasteiger partial charge in [0.15, 0.2) is 5.52 Å². The van der Waals surface area contributed by atoms with Gasteiger partial charge in [-0.15, -0.1) is 0 Å². The third kappa shape index (κ3) is 2.69. The molecule has 0 aromatic carbocycles. The smallest absolute Gasteiger partial charge is 0.245 e. The van der Waals surface area contributed by atoms with Crippen molar-refractivity contribution < 1.29 is 9.47 Å². The van der Waals surface area contributed by atoms with Crippen molar-refractivity contribution in [1.82, 2.24) is 15.0 Å². The first kappa shape index (κ1) is 12.4. The zero-order valence-corrected chi connectivity index (χ0v) is 10.9. The third-order valence-electron chi connectivity index (χ3n) is 2.92. The molecule has 2 N–H and O–H groups in total. The summed E-state index contributed by atoms with van der Waals surface area (Å²) in [7, 11) is 0.